The Bertz CT molecular complexity index is 439. The lowest BCUT2D eigenvalue weighted by atomic mass is 10.1. The highest BCUT2D eigenvalue weighted by Gasteiger charge is 2.33. The van der Waals surface area contributed by atoms with Crippen LogP contribution in [-0.2, 0) is 6.54 Å². The molecule has 3 N–H and O–H groups in total. The lowest BCUT2D eigenvalue weighted by molar-refractivity contribution is 0.191. The molecule has 106 valence electrons. The molecule has 2 rings (SSSR count). The maximum Gasteiger partial charge on any atom is 0.0735 e. The van der Waals surface area contributed by atoms with Crippen LogP contribution >= 0.6 is 11.6 Å². The van der Waals surface area contributed by atoms with E-state index >= 15 is 0 Å². The van der Waals surface area contributed by atoms with E-state index in [0.717, 1.165) is 24.2 Å². The van der Waals surface area contributed by atoms with Gasteiger partial charge >= 0.3 is 0 Å². The van der Waals surface area contributed by atoms with Crippen LogP contribution < -0.4 is 10.6 Å². The summed E-state index contributed by atoms with van der Waals surface area (Å²) in [5, 5.41) is 10.7. The average molecular weight is 284 g/mol. The number of rotatable bonds is 4. The van der Waals surface area contributed by atoms with Gasteiger partial charge in [-0.2, -0.15) is 0 Å². The number of nitrogens with two attached hydrogens (primary N) is 1. The Morgan fingerprint density at radius 2 is 2.21 bits per heavy atom. The number of nitrogens with zero attached hydrogens (tertiary/aromatic N) is 2. The minimum absolute atomic E-state index is 0.273. The lowest BCUT2D eigenvalue weighted by Crippen LogP contribution is -2.38. The number of hydrogen-bond donors (Lipinski definition) is 2. The molecule has 2 atom stereocenters. The number of anilines is 1. The van der Waals surface area contributed by atoms with Crippen molar-refractivity contribution in [1.82, 2.24) is 4.90 Å². The summed E-state index contributed by atoms with van der Waals surface area (Å²) < 4.78 is 0. The van der Waals surface area contributed by atoms with Gasteiger partial charge in [0.2, 0.25) is 0 Å². The summed E-state index contributed by atoms with van der Waals surface area (Å²) in [6.45, 7) is 1.97. The molecule has 2 unspecified atom stereocenters. The summed E-state index contributed by atoms with van der Waals surface area (Å²) in [4.78, 5) is 4.34. The number of likely N-dealkylation sites (N-methyl/N-ethyl adjacent to an activating group) is 1. The Hall–Kier alpha value is -0.810. The third-order valence-electron chi connectivity index (χ3n) is 3.55. The van der Waals surface area contributed by atoms with Crippen molar-refractivity contribution < 1.29 is 5.11 Å². The van der Waals surface area contributed by atoms with Crippen LogP contribution in [0, 0.1) is 0 Å². The molecule has 4 nitrogen and oxygen atoms in total. The molecule has 0 saturated carbocycles. The number of para-hydroxylation sites is 1. The number of aliphatic hydroxyl groups excluding tert-OH is 1. The molecule has 1 fully saturated rings. The fraction of sp³-hybridized carbons (Fsp3) is 0.571. The Morgan fingerprint density at radius 3 is 2.84 bits per heavy atom. The summed E-state index contributed by atoms with van der Waals surface area (Å²) in [5.41, 5.74) is 7.82. The number of halogens is 1. The van der Waals surface area contributed by atoms with Crippen molar-refractivity contribution in [2.24, 2.45) is 5.73 Å². The molecular weight excluding hydrogens is 262 g/mol. The minimum atomic E-state index is -0.299. The van der Waals surface area contributed by atoms with Crippen LogP contribution in [0.15, 0.2) is 18.2 Å². The molecule has 5 heteroatoms. The first-order valence-corrected chi connectivity index (χ1v) is 6.97. The molecule has 0 aliphatic carbocycles. The van der Waals surface area contributed by atoms with Gasteiger partial charge in [-0.25, -0.2) is 0 Å². The van der Waals surface area contributed by atoms with Crippen LogP contribution in [0.4, 0.5) is 5.69 Å². The number of hydrogen-bond acceptors (Lipinski definition) is 4. The van der Waals surface area contributed by atoms with Crippen LogP contribution in [0.25, 0.3) is 0 Å². The van der Waals surface area contributed by atoms with Gasteiger partial charge in [-0.15, -0.1) is 0 Å². The van der Waals surface area contributed by atoms with E-state index in [1.165, 1.54) is 0 Å². The second kappa shape index (κ2) is 6.09. The van der Waals surface area contributed by atoms with Gasteiger partial charge < -0.3 is 20.6 Å². The van der Waals surface area contributed by atoms with Crippen LogP contribution in [0.3, 0.4) is 0 Å². The smallest absolute Gasteiger partial charge is 0.0735 e. The Labute approximate surface area is 119 Å². The van der Waals surface area contributed by atoms with Crippen molar-refractivity contribution in [3.8, 4) is 0 Å². The zero-order chi connectivity index (χ0) is 14.0. The van der Waals surface area contributed by atoms with E-state index in [2.05, 4.69) is 9.80 Å². The average Bonchev–Trinajstić information content (AvgIpc) is 2.68. The quantitative estimate of drug-likeness (QED) is 0.875. The molecule has 1 aliphatic rings. The Kier molecular flexibility index (Phi) is 4.68. The van der Waals surface area contributed by atoms with E-state index in [0.29, 0.717) is 18.1 Å². The maximum atomic E-state index is 9.96. The molecule has 1 aliphatic heterocycles. The molecule has 1 saturated heterocycles. The fourth-order valence-corrected chi connectivity index (χ4v) is 3.11. The van der Waals surface area contributed by atoms with E-state index in [1.54, 1.807) is 0 Å². The molecule has 0 radical (unpaired) electrons. The van der Waals surface area contributed by atoms with Gasteiger partial charge in [0.15, 0.2) is 0 Å². The summed E-state index contributed by atoms with van der Waals surface area (Å²) in [6.07, 6.45) is 0.472. The maximum absolute atomic E-state index is 9.96. The summed E-state index contributed by atoms with van der Waals surface area (Å²) in [5.74, 6) is 0. The molecule has 0 bridgehead atoms. The van der Waals surface area contributed by atoms with Gasteiger partial charge in [0.1, 0.15) is 0 Å². The normalized spacial score (nSPS) is 23.4. The van der Waals surface area contributed by atoms with Gasteiger partial charge in [-0.05, 0) is 32.1 Å². The Balaban J connectivity index is 2.33. The van der Waals surface area contributed by atoms with Crippen LogP contribution in [0.1, 0.15) is 12.0 Å². The molecule has 0 spiro atoms. The monoisotopic (exact) mass is 283 g/mol. The summed E-state index contributed by atoms with van der Waals surface area (Å²) in [6, 6.07) is 6.07. The number of β-amino-alcohol motifs (C(OH)–C–C–N with tert-alkyl or cyclic N) is 1. The van der Waals surface area contributed by atoms with Crippen molar-refractivity contribution >= 4 is 17.3 Å². The predicted octanol–water partition coefficient (Wildman–Crippen LogP) is 1.30. The predicted molar refractivity (Wildman–Crippen MR) is 79.7 cm³/mol. The second-order valence-corrected chi connectivity index (χ2v) is 5.82. The van der Waals surface area contributed by atoms with E-state index in [9.17, 15) is 5.11 Å². The van der Waals surface area contributed by atoms with Gasteiger partial charge in [0.25, 0.3) is 0 Å². The largest absolute Gasteiger partial charge is 0.391 e. The standard InChI is InChI=1S/C14H22ClN3O/c1-17(2)8-11-6-12(19)9-18(11)14-10(7-16)4-3-5-13(14)15/h3-5,11-12,19H,6-9,16H2,1-2H3. The first-order chi connectivity index (χ1) is 9.02. The highest BCUT2D eigenvalue weighted by molar-refractivity contribution is 6.33. The van der Waals surface area contributed by atoms with E-state index in [4.69, 9.17) is 17.3 Å². The molecule has 19 heavy (non-hydrogen) atoms. The molecule has 1 aromatic rings. The number of benzene rings is 1. The first-order valence-electron chi connectivity index (χ1n) is 6.59. The van der Waals surface area contributed by atoms with Gasteiger partial charge in [-0.1, -0.05) is 23.7 Å². The van der Waals surface area contributed by atoms with Gasteiger partial charge in [0, 0.05) is 25.7 Å². The van der Waals surface area contributed by atoms with E-state index in [1.807, 2.05) is 32.3 Å². The Morgan fingerprint density at radius 1 is 1.47 bits per heavy atom. The summed E-state index contributed by atoms with van der Waals surface area (Å²) in [7, 11) is 4.08. The number of aliphatic hydroxyl groups is 1. The van der Waals surface area contributed by atoms with Crippen molar-refractivity contribution in [2.75, 3.05) is 32.1 Å². The second-order valence-electron chi connectivity index (χ2n) is 5.41. The molecular formula is C14H22ClN3O. The molecule has 1 heterocycles. The van der Waals surface area contributed by atoms with Crippen molar-refractivity contribution in [1.29, 1.82) is 0 Å². The lowest BCUT2D eigenvalue weighted by Gasteiger charge is -2.31. The van der Waals surface area contributed by atoms with Crippen molar-refractivity contribution in [2.45, 2.75) is 25.1 Å². The summed E-state index contributed by atoms with van der Waals surface area (Å²) >= 11 is 6.35. The van der Waals surface area contributed by atoms with Crippen LogP contribution in [0.5, 0.6) is 0 Å². The van der Waals surface area contributed by atoms with Gasteiger partial charge in [-0.3, -0.25) is 0 Å². The minimum Gasteiger partial charge on any atom is -0.391 e. The zero-order valence-corrected chi connectivity index (χ0v) is 12.3. The highest BCUT2D eigenvalue weighted by Crippen LogP contribution is 2.35. The van der Waals surface area contributed by atoms with Crippen LogP contribution in [0.2, 0.25) is 5.02 Å². The molecule has 0 aromatic heterocycles. The third kappa shape index (κ3) is 3.20. The highest BCUT2D eigenvalue weighted by atomic mass is 35.5. The zero-order valence-electron chi connectivity index (χ0n) is 11.5. The molecule has 1 aromatic carbocycles. The first kappa shape index (κ1) is 14.6. The third-order valence-corrected chi connectivity index (χ3v) is 3.85. The topological polar surface area (TPSA) is 52.7 Å². The molecule has 0 amide bonds. The SMILES string of the molecule is CN(C)CC1CC(O)CN1c1c(Cl)cccc1CN. The van der Waals surface area contributed by atoms with Crippen molar-refractivity contribution in [3.63, 3.8) is 0 Å². The van der Waals surface area contributed by atoms with E-state index < -0.39 is 0 Å². The van der Waals surface area contributed by atoms with Gasteiger partial charge in [0.05, 0.1) is 16.8 Å². The van der Waals surface area contributed by atoms with Crippen LogP contribution in [-0.4, -0.2) is 49.3 Å². The fourth-order valence-electron chi connectivity index (χ4n) is 2.81. The van der Waals surface area contributed by atoms with Crippen molar-refractivity contribution in [3.05, 3.63) is 28.8 Å². The van der Waals surface area contributed by atoms with E-state index in [-0.39, 0.29) is 12.1 Å².